The van der Waals surface area contributed by atoms with Gasteiger partial charge >= 0.3 is 0 Å². The van der Waals surface area contributed by atoms with Gasteiger partial charge in [-0.3, -0.25) is 4.79 Å². The fourth-order valence-electron chi connectivity index (χ4n) is 1.61. The molecule has 0 radical (unpaired) electrons. The number of aromatic amines is 1. The first kappa shape index (κ1) is 12.7. The van der Waals surface area contributed by atoms with Crippen molar-refractivity contribution in [2.45, 2.75) is 26.8 Å². The largest absolute Gasteiger partial charge is 0.366 e. The Hall–Kier alpha value is -1.36. The van der Waals surface area contributed by atoms with Crippen molar-refractivity contribution in [3.05, 3.63) is 22.7 Å². The van der Waals surface area contributed by atoms with E-state index in [9.17, 15) is 4.79 Å². The van der Waals surface area contributed by atoms with Crippen molar-refractivity contribution >= 4 is 5.82 Å². The van der Waals surface area contributed by atoms with Crippen LogP contribution in [0.15, 0.2) is 17.2 Å². The average Bonchev–Trinajstić information content (AvgIpc) is 2.26. The number of anilines is 1. The Morgan fingerprint density at radius 3 is 2.75 bits per heavy atom. The zero-order valence-electron chi connectivity index (χ0n) is 10.2. The highest BCUT2D eigenvalue weighted by Gasteiger charge is 2.07. The quantitative estimate of drug-likeness (QED) is 0.754. The third-order valence-electron chi connectivity index (χ3n) is 2.50. The standard InChI is InChI=1S/C11H20N4O/c1-4-15(5-2)7-9(3)14-10-6-11(16)13-8-12-10/h6,8-9H,4-5,7H2,1-3H3,(H2,12,13,14,16). The predicted molar refractivity (Wildman–Crippen MR) is 65.7 cm³/mol. The van der Waals surface area contributed by atoms with Gasteiger partial charge in [0.1, 0.15) is 5.82 Å². The van der Waals surface area contributed by atoms with E-state index in [2.05, 4.69) is 41.0 Å². The van der Waals surface area contributed by atoms with Crippen molar-refractivity contribution in [3.8, 4) is 0 Å². The second-order valence-electron chi connectivity index (χ2n) is 3.83. The minimum atomic E-state index is -0.132. The van der Waals surface area contributed by atoms with Crippen LogP contribution in [-0.4, -0.2) is 40.5 Å². The normalized spacial score (nSPS) is 12.8. The van der Waals surface area contributed by atoms with Crippen LogP contribution in [0.4, 0.5) is 5.82 Å². The first-order valence-electron chi connectivity index (χ1n) is 5.69. The minimum absolute atomic E-state index is 0.132. The Kier molecular flexibility index (Phi) is 4.98. The van der Waals surface area contributed by atoms with Gasteiger partial charge < -0.3 is 15.2 Å². The topological polar surface area (TPSA) is 61.0 Å². The molecule has 0 aliphatic carbocycles. The molecule has 0 aromatic carbocycles. The van der Waals surface area contributed by atoms with E-state index in [0.29, 0.717) is 5.82 Å². The number of aromatic nitrogens is 2. The van der Waals surface area contributed by atoms with Crippen molar-refractivity contribution in [3.63, 3.8) is 0 Å². The first-order valence-corrected chi connectivity index (χ1v) is 5.69. The molecule has 2 N–H and O–H groups in total. The van der Waals surface area contributed by atoms with E-state index in [0.717, 1.165) is 19.6 Å². The third kappa shape index (κ3) is 4.02. The van der Waals surface area contributed by atoms with Gasteiger partial charge in [0.25, 0.3) is 5.56 Å². The fourth-order valence-corrected chi connectivity index (χ4v) is 1.61. The van der Waals surface area contributed by atoms with Crippen LogP contribution in [0.1, 0.15) is 20.8 Å². The van der Waals surface area contributed by atoms with Gasteiger partial charge in [-0.2, -0.15) is 0 Å². The molecule has 0 saturated heterocycles. The summed E-state index contributed by atoms with van der Waals surface area (Å²) in [6, 6.07) is 1.74. The van der Waals surface area contributed by atoms with Crippen LogP contribution in [0.2, 0.25) is 0 Å². The molecule has 0 fully saturated rings. The van der Waals surface area contributed by atoms with Crippen LogP contribution < -0.4 is 10.9 Å². The van der Waals surface area contributed by atoms with Crippen molar-refractivity contribution in [2.75, 3.05) is 25.0 Å². The first-order chi connectivity index (χ1) is 7.65. The van der Waals surface area contributed by atoms with E-state index >= 15 is 0 Å². The molecule has 1 unspecified atom stereocenters. The lowest BCUT2D eigenvalue weighted by molar-refractivity contribution is 0.294. The van der Waals surface area contributed by atoms with Gasteiger partial charge in [0.15, 0.2) is 0 Å². The fraction of sp³-hybridized carbons (Fsp3) is 0.636. The molecule has 16 heavy (non-hydrogen) atoms. The summed E-state index contributed by atoms with van der Waals surface area (Å²) < 4.78 is 0. The van der Waals surface area contributed by atoms with Crippen molar-refractivity contribution < 1.29 is 0 Å². The van der Waals surface area contributed by atoms with Crippen LogP contribution in [0.3, 0.4) is 0 Å². The summed E-state index contributed by atoms with van der Waals surface area (Å²) in [6.07, 6.45) is 1.41. The van der Waals surface area contributed by atoms with E-state index in [1.54, 1.807) is 0 Å². The highest BCUT2D eigenvalue weighted by molar-refractivity contribution is 5.32. The maximum Gasteiger partial charge on any atom is 0.252 e. The minimum Gasteiger partial charge on any atom is -0.366 e. The lowest BCUT2D eigenvalue weighted by Crippen LogP contribution is -2.35. The molecule has 5 heteroatoms. The number of nitrogens with zero attached hydrogens (tertiary/aromatic N) is 2. The highest BCUT2D eigenvalue weighted by atomic mass is 16.1. The van der Waals surface area contributed by atoms with Gasteiger partial charge in [-0.1, -0.05) is 13.8 Å². The van der Waals surface area contributed by atoms with E-state index < -0.39 is 0 Å². The van der Waals surface area contributed by atoms with Crippen molar-refractivity contribution in [2.24, 2.45) is 0 Å². The third-order valence-corrected chi connectivity index (χ3v) is 2.50. The molecular formula is C11H20N4O. The second kappa shape index (κ2) is 6.27. The number of hydrogen-bond acceptors (Lipinski definition) is 4. The van der Waals surface area contributed by atoms with E-state index in [4.69, 9.17) is 0 Å². The molecule has 0 saturated carbocycles. The second-order valence-corrected chi connectivity index (χ2v) is 3.83. The zero-order valence-corrected chi connectivity index (χ0v) is 10.2. The molecule has 1 aromatic heterocycles. The summed E-state index contributed by atoms with van der Waals surface area (Å²) in [5, 5.41) is 3.21. The van der Waals surface area contributed by atoms with Gasteiger partial charge in [-0.25, -0.2) is 4.98 Å². The maximum absolute atomic E-state index is 11.1. The SMILES string of the molecule is CCN(CC)CC(C)Nc1cc(=O)[nH]cn1. The molecule has 0 aliphatic heterocycles. The molecule has 1 rings (SSSR count). The highest BCUT2D eigenvalue weighted by Crippen LogP contribution is 2.00. The molecule has 1 atom stereocenters. The summed E-state index contributed by atoms with van der Waals surface area (Å²) in [7, 11) is 0. The molecule has 5 nitrogen and oxygen atoms in total. The lowest BCUT2D eigenvalue weighted by atomic mass is 10.3. The average molecular weight is 224 g/mol. The number of rotatable bonds is 6. The number of hydrogen-bond donors (Lipinski definition) is 2. The summed E-state index contributed by atoms with van der Waals surface area (Å²) in [6.45, 7) is 9.38. The van der Waals surface area contributed by atoms with E-state index in [-0.39, 0.29) is 11.6 Å². The van der Waals surface area contributed by atoms with Crippen molar-refractivity contribution in [1.82, 2.24) is 14.9 Å². The summed E-state index contributed by atoms with van der Waals surface area (Å²) >= 11 is 0. The Morgan fingerprint density at radius 1 is 1.50 bits per heavy atom. The van der Waals surface area contributed by atoms with Gasteiger partial charge in [-0.15, -0.1) is 0 Å². The van der Waals surface area contributed by atoms with Gasteiger partial charge in [-0.05, 0) is 20.0 Å². The molecule has 0 spiro atoms. The Balaban J connectivity index is 2.51. The van der Waals surface area contributed by atoms with Gasteiger partial charge in [0.05, 0.1) is 6.33 Å². The van der Waals surface area contributed by atoms with Crippen molar-refractivity contribution in [1.29, 1.82) is 0 Å². The molecule has 1 aromatic rings. The molecular weight excluding hydrogens is 204 g/mol. The zero-order chi connectivity index (χ0) is 12.0. The molecule has 1 heterocycles. The summed E-state index contributed by atoms with van der Waals surface area (Å²) in [4.78, 5) is 19.9. The number of likely N-dealkylation sites (N-methyl/N-ethyl adjacent to an activating group) is 1. The maximum atomic E-state index is 11.1. The number of H-pyrrole nitrogens is 1. The number of nitrogens with one attached hydrogen (secondary N) is 2. The van der Waals surface area contributed by atoms with Crippen LogP contribution >= 0.6 is 0 Å². The van der Waals surface area contributed by atoms with Crippen LogP contribution in [0, 0.1) is 0 Å². The smallest absolute Gasteiger partial charge is 0.252 e. The molecule has 0 bridgehead atoms. The Bertz CT molecular complexity index is 359. The summed E-state index contributed by atoms with van der Waals surface area (Å²) in [5.74, 6) is 0.628. The Labute approximate surface area is 95.9 Å². The molecule has 0 aliphatic rings. The predicted octanol–water partition coefficient (Wildman–Crippen LogP) is 0.912. The lowest BCUT2D eigenvalue weighted by Gasteiger charge is -2.23. The summed E-state index contributed by atoms with van der Waals surface area (Å²) in [5.41, 5.74) is -0.132. The van der Waals surface area contributed by atoms with E-state index in [1.165, 1.54) is 12.4 Å². The van der Waals surface area contributed by atoms with Crippen LogP contribution in [-0.2, 0) is 0 Å². The van der Waals surface area contributed by atoms with Crippen LogP contribution in [0.5, 0.6) is 0 Å². The van der Waals surface area contributed by atoms with Gasteiger partial charge in [0, 0.05) is 18.7 Å². The Morgan fingerprint density at radius 2 is 2.19 bits per heavy atom. The molecule has 0 amide bonds. The molecule has 90 valence electrons. The monoisotopic (exact) mass is 224 g/mol. The van der Waals surface area contributed by atoms with E-state index in [1.807, 2.05) is 0 Å². The van der Waals surface area contributed by atoms with Crippen LogP contribution in [0.25, 0.3) is 0 Å². The van der Waals surface area contributed by atoms with Gasteiger partial charge in [0.2, 0.25) is 0 Å².